The van der Waals surface area contributed by atoms with Gasteiger partial charge in [-0.25, -0.2) is 18.8 Å². The lowest BCUT2D eigenvalue weighted by molar-refractivity contribution is -0.164. The van der Waals surface area contributed by atoms with Gasteiger partial charge < -0.3 is 41.4 Å². The smallest absolute Gasteiger partial charge is 0.374 e. The van der Waals surface area contributed by atoms with Gasteiger partial charge in [0.1, 0.15) is 41.1 Å². The third-order valence-corrected chi connectivity index (χ3v) is 14.0. The largest absolute Gasteiger partial charge is 0.408 e. The van der Waals surface area contributed by atoms with E-state index < -0.39 is 88.6 Å². The monoisotopic (exact) mass is 1120 g/mol. The number of benzene rings is 3. The zero-order chi connectivity index (χ0) is 58.2. The molecule has 2 fully saturated rings. The summed E-state index contributed by atoms with van der Waals surface area (Å²) in [6, 6.07) is 24.9. The topological polar surface area (TPSA) is 248 Å². The minimum atomic E-state index is -4.71. The van der Waals surface area contributed by atoms with Crippen molar-refractivity contribution in [3.63, 3.8) is 0 Å². The number of amides is 6. The zero-order valence-corrected chi connectivity index (χ0v) is 45.1. The molecule has 4 aromatic rings. The number of carbonyl (C=O) groups is 6. The Hall–Kier alpha value is -7.54. The molecule has 8 rings (SSSR count). The summed E-state index contributed by atoms with van der Waals surface area (Å²) >= 11 is 0. The van der Waals surface area contributed by atoms with Crippen LogP contribution in [-0.2, 0) is 64.3 Å². The summed E-state index contributed by atoms with van der Waals surface area (Å²) in [4.78, 5) is 87.2. The van der Waals surface area contributed by atoms with Crippen LogP contribution >= 0.6 is 0 Å². The second-order valence-corrected chi connectivity index (χ2v) is 21.5. The number of hydrazone groups is 2. The molecule has 24 heteroatoms. The maximum absolute atomic E-state index is 14.1. The average molecular weight is 1120 g/mol. The molecule has 0 saturated carbocycles. The van der Waals surface area contributed by atoms with Crippen molar-refractivity contribution in [2.24, 2.45) is 32.5 Å². The van der Waals surface area contributed by atoms with Crippen LogP contribution in [0.3, 0.4) is 0 Å². The lowest BCUT2D eigenvalue weighted by atomic mass is 9.73. The van der Waals surface area contributed by atoms with Gasteiger partial charge in [-0.3, -0.25) is 33.8 Å². The van der Waals surface area contributed by atoms with Crippen molar-refractivity contribution in [2.45, 2.75) is 95.9 Å². The highest BCUT2D eigenvalue weighted by Crippen LogP contribution is 2.41. The molecule has 5 heterocycles. The Bertz CT molecular complexity index is 2960. The molecule has 0 aliphatic carbocycles. The van der Waals surface area contributed by atoms with Crippen LogP contribution in [0.15, 0.2) is 113 Å². The van der Waals surface area contributed by atoms with Gasteiger partial charge in [0.25, 0.3) is 11.8 Å². The van der Waals surface area contributed by atoms with E-state index in [1.165, 1.54) is 36.0 Å². The van der Waals surface area contributed by atoms with Gasteiger partial charge in [-0.05, 0) is 63.4 Å². The van der Waals surface area contributed by atoms with Crippen LogP contribution in [0.2, 0.25) is 0 Å². The summed E-state index contributed by atoms with van der Waals surface area (Å²) in [6.45, 7) is 4.10. The molecule has 6 N–H and O–H groups in total. The number of pyridine rings is 1. The third-order valence-electron chi connectivity index (χ3n) is 14.0. The van der Waals surface area contributed by atoms with Crippen molar-refractivity contribution in [3.8, 4) is 0 Å². The van der Waals surface area contributed by atoms with E-state index in [2.05, 4.69) is 25.8 Å². The Morgan fingerprint density at radius 3 is 1.70 bits per heavy atom. The first-order chi connectivity index (χ1) is 37.7. The SMILES string of the molecule is CC(C)(N)C(=O)N[C@H](COCc1ccc(F)cc1F)C(=O)N1CCC2=NN(CC(F)(F)F)C(=O)[C@]2(Cc2ccccn2)C1.CN1N=C2CCN(C(=O)[C@@H](COCc3ccccc3)NC(=O)C(C)(C)N)C[C@@]2(Cc2ccccc2)C1=O. The third kappa shape index (κ3) is 14.6. The Morgan fingerprint density at radius 1 is 0.675 bits per heavy atom. The minimum absolute atomic E-state index is 0.00697. The van der Waals surface area contributed by atoms with Crippen molar-refractivity contribution in [1.82, 2.24) is 35.4 Å². The Kier molecular flexibility index (Phi) is 18.7. The Morgan fingerprint density at radius 2 is 1.19 bits per heavy atom. The van der Waals surface area contributed by atoms with E-state index in [1.54, 1.807) is 44.0 Å². The zero-order valence-electron chi connectivity index (χ0n) is 45.1. The molecule has 0 radical (unpaired) electrons. The number of aromatic nitrogens is 1. The lowest BCUT2D eigenvalue weighted by Gasteiger charge is -2.40. The second-order valence-electron chi connectivity index (χ2n) is 21.5. The molecule has 428 valence electrons. The first kappa shape index (κ1) is 60.1. The van der Waals surface area contributed by atoms with Gasteiger partial charge in [-0.2, -0.15) is 23.4 Å². The number of alkyl halides is 3. The van der Waals surface area contributed by atoms with Crippen LogP contribution in [0.4, 0.5) is 22.0 Å². The van der Waals surface area contributed by atoms with Gasteiger partial charge in [0.05, 0.1) is 48.9 Å². The quantitative estimate of drug-likeness (QED) is 0.0977. The molecule has 6 amide bonds. The Balaban J connectivity index is 0.000000234. The van der Waals surface area contributed by atoms with Crippen molar-refractivity contribution in [1.29, 1.82) is 0 Å². The number of hydrogen-bond donors (Lipinski definition) is 4. The fraction of sp³-hybridized carbons (Fsp3) is 0.446. The van der Waals surface area contributed by atoms with E-state index in [4.69, 9.17) is 20.9 Å². The molecule has 1 aromatic heterocycles. The number of fused-ring (bicyclic) bond motifs is 2. The van der Waals surface area contributed by atoms with E-state index in [0.29, 0.717) is 42.8 Å². The summed E-state index contributed by atoms with van der Waals surface area (Å²) < 4.78 is 78.6. The number of ether oxygens (including phenoxy) is 2. The minimum Gasteiger partial charge on any atom is -0.374 e. The number of nitrogens with two attached hydrogens (primary N) is 2. The van der Waals surface area contributed by atoms with Crippen LogP contribution in [0.1, 0.15) is 62.9 Å². The van der Waals surface area contributed by atoms with E-state index in [0.717, 1.165) is 22.9 Å². The first-order valence-corrected chi connectivity index (χ1v) is 25.9. The Labute approximate surface area is 459 Å². The fourth-order valence-electron chi connectivity index (χ4n) is 9.75. The van der Waals surface area contributed by atoms with Crippen molar-refractivity contribution in [3.05, 3.63) is 137 Å². The molecule has 4 aliphatic heterocycles. The van der Waals surface area contributed by atoms with E-state index in [1.807, 2.05) is 60.7 Å². The average Bonchev–Trinajstić information content (AvgIpc) is 3.97. The number of rotatable bonds is 19. The first-order valence-electron chi connectivity index (χ1n) is 25.9. The van der Waals surface area contributed by atoms with Crippen LogP contribution in [0.25, 0.3) is 0 Å². The fourth-order valence-corrected chi connectivity index (χ4v) is 9.75. The molecule has 0 bridgehead atoms. The molecular formula is C56H66F5N11O8. The van der Waals surface area contributed by atoms with Gasteiger partial charge in [-0.1, -0.05) is 72.8 Å². The van der Waals surface area contributed by atoms with E-state index in [9.17, 15) is 50.7 Å². The van der Waals surface area contributed by atoms with Crippen molar-refractivity contribution >= 4 is 46.9 Å². The second kappa shape index (κ2) is 24.9. The standard InChI is InChI=1S/C28H31F5N6O4.C28H35N5O4/c1-26(2,34)24(41)36-21(14-43-13-17-6-7-18(29)11-20(17)30)23(40)38-10-8-22-27(15-38,12-19-5-3-4-9-35-19)25(42)39(37-22)16-28(31,32)33;1-27(2,29)25(35)30-22(18-37-17-21-12-8-5-9-13-21)24(34)33-15-14-23-28(19-33,26(36)32(3)31-23)16-20-10-6-4-7-11-20/h3-7,9,11,21H,8,10,12-16,34H2,1-2H3,(H,36,41);4-13,22H,14-19,29H2,1-3H3,(H,30,35)/t21-,27-;22-,28-/m11/s1. The molecule has 19 nitrogen and oxygen atoms in total. The van der Waals surface area contributed by atoms with Gasteiger partial charge in [0.2, 0.25) is 23.6 Å². The number of hydrogen-bond acceptors (Lipinski definition) is 13. The summed E-state index contributed by atoms with van der Waals surface area (Å²) in [5, 5.41) is 15.6. The van der Waals surface area contributed by atoms with Gasteiger partial charge >= 0.3 is 6.18 Å². The molecule has 80 heavy (non-hydrogen) atoms. The number of likely N-dealkylation sites (tertiary alicyclic amines) is 2. The maximum Gasteiger partial charge on any atom is 0.408 e. The summed E-state index contributed by atoms with van der Waals surface area (Å²) in [5.41, 5.74) is 10.1. The van der Waals surface area contributed by atoms with Crippen LogP contribution in [0.5, 0.6) is 0 Å². The van der Waals surface area contributed by atoms with Crippen molar-refractivity contribution < 1.29 is 60.2 Å². The molecule has 3 aromatic carbocycles. The van der Waals surface area contributed by atoms with Gasteiger partial charge in [0, 0.05) is 76.0 Å². The highest BCUT2D eigenvalue weighted by atomic mass is 19.4. The number of piperidine rings is 2. The number of carbonyl (C=O) groups excluding carboxylic acids is 6. The predicted molar refractivity (Wildman–Crippen MR) is 283 cm³/mol. The van der Waals surface area contributed by atoms with Crippen LogP contribution in [0, 0.1) is 22.5 Å². The molecular weight excluding hydrogens is 1050 g/mol. The maximum atomic E-state index is 14.1. The van der Waals surface area contributed by atoms with Crippen LogP contribution in [-0.4, -0.2) is 154 Å². The summed E-state index contributed by atoms with van der Waals surface area (Å²) in [7, 11) is 1.65. The van der Waals surface area contributed by atoms with Gasteiger partial charge in [-0.15, -0.1) is 0 Å². The molecule has 2 saturated heterocycles. The normalized spacial score (nSPS) is 19.9. The molecule has 4 atom stereocenters. The molecule has 0 unspecified atom stereocenters. The predicted octanol–water partition coefficient (Wildman–Crippen LogP) is 4.04. The molecule has 0 spiro atoms. The number of nitrogens with one attached hydrogen (secondary N) is 2. The lowest BCUT2D eigenvalue weighted by Crippen LogP contribution is -2.62. The summed E-state index contributed by atoms with van der Waals surface area (Å²) in [5.74, 6) is -4.87. The van der Waals surface area contributed by atoms with E-state index in [-0.39, 0.29) is 68.8 Å². The van der Waals surface area contributed by atoms with Gasteiger partial charge in [0.15, 0.2) is 0 Å². The molecule has 4 aliphatic rings. The van der Waals surface area contributed by atoms with E-state index >= 15 is 0 Å². The highest BCUT2D eigenvalue weighted by molar-refractivity contribution is 6.14. The number of nitrogens with zero attached hydrogens (tertiary/aromatic N) is 7. The van der Waals surface area contributed by atoms with Crippen LogP contribution < -0.4 is 22.1 Å². The summed E-state index contributed by atoms with van der Waals surface area (Å²) in [6.07, 6.45) is -2.44. The number of halogens is 5. The highest BCUT2D eigenvalue weighted by Gasteiger charge is 2.57. The van der Waals surface area contributed by atoms with Crippen molar-refractivity contribution in [2.75, 3.05) is 53.0 Å².